The van der Waals surface area contributed by atoms with Gasteiger partial charge in [-0.2, -0.15) is 36.4 Å². The third kappa shape index (κ3) is 25.7. The molecule has 18 aromatic rings. The van der Waals surface area contributed by atoms with Gasteiger partial charge in [0, 0.05) is 0 Å². The normalized spacial score (nSPS) is 10.1. The van der Waals surface area contributed by atoms with Gasteiger partial charge >= 0.3 is 126 Å². The second-order valence-corrected chi connectivity index (χ2v) is 55.6. The van der Waals surface area contributed by atoms with Gasteiger partial charge in [-0.15, -0.1) is 269 Å². The smallest absolute Gasteiger partial charge is 0.0114 e. The van der Waals surface area contributed by atoms with Crippen LogP contribution in [0.15, 0.2) is 340 Å². The molecule has 0 nitrogen and oxygen atoms in total. The topological polar surface area (TPSA) is 0 Å². The van der Waals surface area contributed by atoms with Gasteiger partial charge in [0.05, 0.1) is 0 Å². The Labute approximate surface area is 712 Å². The summed E-state index contributed by atoms with van der Waals surface area (Å²) in [6.07, 6.45) is 0. The van der Waals surface area contributed by atoms with Crippen LogP contribution in [0.1, 0.15) is 33.4 Å². The van der Waals surface area contributed by atoms with E-state index in [9.17, 15) is 0 Å². The molecule has 0 amide bonds. The first kappa shape index (κ1) is 90.2. The molecule has 0 atom stereocenters. The summed E-state index contributed by atoms with van der Waals surface area (Å²) in [5.41, 5.74) is 19.2. The quantitative estimate of drug-likeness (QED) is 0.122. The van der Waals surface area contributed by atoms with Crippen molar-refractivity contribution in [3.8, 4) is 44.5 Å². The molecule has 0 aliphatic rings. The molecule has 18 aromatic carbocycles. The monoisotopic (exact) mass is 1770 g/mol. The van der Waals surface area contributed by atoms with Crippen molar-refractivity contribution in [1.82, 2.24) is 0 Å². The van der Waals surface area contributed by atoms with E-state index in [-0.39, 0.29) is 65.9 Å². The summed E-state index contributed by atoms with van der Waals surface area (Å²) in [6.45, 7) is 26.7. The van der Waals surface area contributed by atoms with Gasteiger partial charge in [-0.25, -0.2) is 0 Å². The minimum absolute atomic E-state index is 0. The molecule has 0 N–H and O–H groups in total. The summed E-state index contributed by atoms with van der Waals surface area (Å²) in [4.78, 5) is 0. The van der Waals surface area contributed by atoms with E-state index in [2.05, 4.69) is 421 Å². The largest absolute Gasteiger partial charge is 0.165 e. The van der Waals surface area contributed by atoms with Crippen molar-refractivity contribution in [2.75, 3.05) is 0 Å². The van der Waals surface area contributed by atoms with Crippen LogP contribution in [0, 0.1) is 41.5 Å². The summed E-state index contributed by atoms with van der Waals surface area (Å²) in [6, 6.07) is 121. The summed E-state index contributed by atoms with van der Waals surface area (Å²) in [7, 11) is 0. The number of fused-ring (bicyclic) bond motifs is 8. The third-order valence-corrected chi connectivity index (χ3v) is 17.4. The maximum Gasteiger partial charge on any atom is -0.0114 e. The number of halogens is 4. The standard InChI is InChI=1S/2C20H15.2C16H13.2C10H9.3C2H6Si.4ClH.3Zr/c2*1-14-12-16-8-5-11-19(20(16)13-14)18-10-4-7-15-6-2-3-9-17(15)18;2*1-12-10-14-8-5-9-15(16(14)11-12)13-6-3-2-4-7-13;2*1-8-6-9-4-2-3-5-10(9)7-8;3*1-3-2;;;;;;;/h2*2-13H,1H3;2*2-11H,1H3;2*2-7H,1H3;3*1-2H3;4*1H;;;/q6*-1;;;;;;;;3*+2. The van der Waals surface area contributed by atoms with E-state index in [0.717, 1.165) is 0 Å². The molecule has 10 heteroatoms. The number of hydrogen-bond acceptors (Lipinski definition) is 0. The molecule has 0 unspecified atom stereocenters. The predicted molar refractivity (Wildman–Crippen MR) is 484 cm³/mol. The Kier molecular flexibility index (Phi) is 37.5. The second-order valence-electron chi connectivity index (χ2n) is 27.5. The van der Waals surface area contributed by atoms with Crippen LogP contribution in [0.3, 0.4) is 0 Å². The van der Waals surface area contributed by atoms with E-state index < -0.39 is 0 Å². The first-order chi connectivity index (χ1) is 50.3. The minimum atomic E-state index is 0. The maximum atomic E-state index is 2.31. The Bertz CT molecular complexity index is 5410. The Morgan fingerprint density at radius 3 is 0.685 bits per heavy atom. The van der Waals surface area contributed by atoms with Crippen molar-refractivity contribution in [3.63, 3.8) is 0 Å². The van der Waals surface area contributed by atoms with Gasteiger partial charge in [0.2, 0.25) is 0 Å². The van der Waals surface area contributed by atoms with Crippen LogP contribution in [0.25, 0.3) is 131 Å². The molecular weight excluding hydrogens is 1680 g/mol. The maximum absolute atomic E-state index is 2.31. The Hall–Kier alpha value is -6.72. The van der Waals surface area contributed by atoms with Gasteiger partial charge in [-0.1, -0.05) is 246 Å². The molecule has 108 heavy (non-hydrogen) atoms. The van der Waals surface area contributed by atoms with Crippen LogP contribution >= 0.6 is 49.6 Å². The molecule has 540 valence electrons. The Balaban J connectivity index is 0.000000198. The van der Waals surface area contributed by atoms with Crippen LogP contribution < -0.4 is 0 Å². The van der Waals surface area contributed by atoms with Gasteiger partial charge in [0.25, 0.3) is 0 Å². The number of hydrogen-bond donors (Lipinski definition) is 0. The van der Waals surface area contributed by atoms with Crippen LogP contribution in [0.2, 0.25) is 39.3 Å². The summed E-state index contributed by atoms with van der Waals surface area (Å²) in [5, 5.41) is 21.3. The molecule has 0 aliphatic heterocycles. The fourth-order valence-electron chi connectivity index (χ4n) is 13.3. The zero-order valence-corrected chi connectivity index (χ0v) is 77.6. The predicted octanol–water partition coefficient (Wildman–Crippen LogP) is 30.2. The van der Waals surface area contributed by atoms with Crippen molar-refractivity contribution in [2.45, 2.75) is 80.8 Å². The van der Waals surface area contributed by atoms with Gasteiger partial charge in [-0.05, 0) is 43.8 Å². The van der Waals surface area contributed by atoms with Crippen molar-refractivity contribution >= 4 is 152 Å². The van der Waals surface area contributed by atoms with Crippen LogP contribution in [-0.2, 0) is 70.0 Å². The molecule has 0 fully saturated rings. The molecule has 0 heterocycles. The van der Waals surface area contributed by atoms with Gasteiger partial charge in [-0.3, -0.25) is 0 Å². The fraction of sp³-hybridized carbons (Fsp3) is 0.122. The second kappa shape index (κ2) is 45.0. The van der Waals surface area contributed by atoms with Crippen LogP contribution in [0.5, 0.6) is 0 Å². The summed E-state index contributed by atoms with van der Waals surface area (Å²) < 4.78 is 0. The van der Waals surface area contributed by atoms with Crippen molar-refractivity contribution in [1.29, 1.82) is 0 Å². The Morgan fingerprint density at radius 1 is 0.194 bits per heavy atom. The SMILES string of the molecule is C[Si](C)=[Zr+2].C[Si](C)=[Zr+2].C[Si](C)=[Zr+2].Cc1cc2c(-c3cccc4ccccc34)cccc2[cH-]1.Cc1cc2c(-c3cccc4ccccc34)cccc2[cH-]1.Cc1cc2c(-c3ccccc3)cccc2[cH-]1.Cc1cc2c(-c3ccccc3)cccc2[cH-]1.Cc1cc2ccccc2[cH-]1.Cc1cc2ccccc2[cH-]1.Cl.Cl.Cl.Cl. The number of benzene rings is 12. The van der Waals surface area contributed by atoms with Crippen LogP contribution in [-0.4, -0.2) is 16.3 Å². The van der Waals surface area contributed by atoms with Crippen molar-refractivity contribution < 1.29 is 70.0 Å². The third-order valence-electron chi connectivity index (χ3n) is 17.4. The Morgan fingerprint density at radius 2 is 0.389 bits per heavy atom. The van der Waals surface area contributed by atoms with Gasteiger partial charge in [0.15, 0.2) is 0 Å². The van der Waals surface area contributed by atoms with Gasteiger partial charge < -0.3 is 0 Å². The molecule has 0 bridgehead atoms. The average molecular weight is 1770 g/mol. The van der Waals surface area contributed by atoms with E-state index in [1.165, 1.54) is 164 Å². The van der Waals surface area contributed by atoms with Crippen molar-refractivity contribution in [3.05, 3.63) is 373 Å². The molecule has 0 aliphatic carbocycles. The summed E-state index contributed by atoms with van der Waals surface area (Å²) in [5.74, 6) is 0. The first-order valence-corrected chi connectivity index (χ1v) is 54.3. The first-order valence-electron chi connectivity index (χ1n) is 35.8. The van der Waals surface area contributed by atoms with Gasteiger partial charge in [0.1, 0.15) is 0 Å². The molecular formula is C98H96Cl4Si3Zr3. The van der Waals surface area contributed by atoms with Crippen molar-refractivity contribution in [2.24, 2.45) is 0 Å². The molecule has 0 saturated carbocycles. The van der Waals surface area contributed by atoms with Crippen LogP contribution in [0.4, 0.5) is 0 Å². The number of aryl methyl sites for hydroxylation is 6. The van der Waals surface area contributed by atoms with E-state index in [4.69, 9.17) is 0 Å². The zero-order valence-electron chi connectivity index (χ0n) is 64.0. The molecule has 0 spiro atoms. The molecule has 0 saturated heterocycles. The summed E-state index contributed by atoms with van der Waals surface area (Å²) >= 11 is 5.22. The fourth-order valence-corrected chi connectivity index (χ4v) is 13.3. The van der Waals surface area contributed by atoms with E-state index >= 15 is 0 Å². The molecule has 0 radical (unpaired) electrons. The average Bonchev–Trinajstić information content (AvgIpc) is 1.55. The van der Waals surface area contributed by atoms with E-state index in [0.29, 0.717) is 0 Å². The minimum Gasteiger partial charge on any atom is -0.165 e. The van der Waals surface area contributed by atoms with E-state index in [1.807, 2.05) is 0 Å². The van der Waals surface area contributed by atoms with E-state index in [1.54, 1.807) is 70.0 Å². The zero-order chi connectivity index (χ0) is 73.7. The molecule has 0 aromatic heterocycles. The number of rotatable bonds is 4. The molecule has 18 rings (SSSR count).